The molecule has 11 heteroatoms. The van der Waals surface area contributed by atoms with Crippen LogP contribution in [-0.2, 0) is 22.3 Å². The molecule has 0 amide bonds. The highest BCUT2D eigenvalue weighted by molar-refractivity contribution is 5.81. The fraction of sp³-hybridized carbons (Fsp3) is 0.600. The van der Waals surface area contributed by atoms with E-state index in [-0.39, 0.29) is 23.9 Å². The van der Waals surface area contributed by atoms with Crippen LogP contribution in [0.2, 0.25) is 0 Å². The van der Waals surface area contributed by atoms with E-state index in [4.69, 9.17) is 15.5 Å². The fourth-order valence-electron chi connectivity index (χ4n) is 6.39. The zero-order chi connectivity index (χ0) is 29.1. The Hall–Kier alpha value is -3.12. The molecule has 0 radical (unpaired) electrons. The molecule has 3 aromatic heterocycles. The van der Waals surface area contributed by atoms with Crippen molar-refractivity contribution in [3.63, 3.8) is 0 Å². The SMILES string of the molecule is CC(C)N(C[C@H]1OC[C@](O)(n2cnc3c(N)ncnc32)[C@@H]1O)[C@H]1C[C@H](CCc2nc3cc(C(C)(C)C)ccc3[nH]2)C1. The van der Waals surface area contributed by atoms with Crippen molar-refractivity contribution in [1.82, 2.24) is 34.4 Å². The second-order valence-electron chi connectivity index (χ2n) is 13.2. The quantitative estimate of drug-likeness (QED) is 0.254. The van der Waals surface area contributed by atoms with E-state index in [9.17, 15) is 10.2 Å². The topological polar surface area (TPSA) is 151 Å². The van der Waals surface area contributed by atoms with E-state index >= 15 is 0 Å². The molecule has 0 bridgehead atoms. The van der Waals surface area contributed by atoms with Gasteiger partial charge < -0.3 is 25.7 Å². The van der Waals surface area contributed by atoms with Crippen molar-refractivity contribution < 1.29 is 14.9 Å². The molecular weight excluding hydrogens is 520 g/mol. The lowest BCUT2D eigenvalue weighted by Gasteiger charge is -2.46. The van der Waals surface area contributed by atoms with E-state index in [0.29, 0.717) is 29.7 Å². The molecule has 1 aliphatic heterocycles. The number of aliphatic hydroxyl groups excluding tert-OH is 1. The third-order valence-corrected chi connectivity index (χ3v) is 9.04. The number of imidazole rings is 2. The maximum atomic E-state index is 11.5. The summed E-state index contributed by atoms with van der Waals surface area (Å²) in [6, 6.07) is 7.23. The number of anilines is 1. The second-order valence-corrected chi connectivity index (χ2v) is 13.2. The lowest BCUT2D eigenvalue weighted by atomic mass is 9.76. The molecule has 4 heterocycles. The summed E-state index contributed by atoms with van der Waals surface area (Å²) >= 11 is 0. The number of aryl methyl sites for hydroxylation is 1. The molecule has 2 aliphatic rings. The van der Waals surface area contributed by atoms with Gasteiger partial charge in [0.25, 0.3) is 0 Å². The minimum Gasteiger partial charge on any atom is -0.385 e. The van der Waals surface area contributed by atoms with Crippen LogP contribution < -0.4 is 5.73 Å². The van der Waals surface area contributed by atoms with Crippen molar-refractivity contribution in [2.45, 2.75) is 95.7 Å². The Kier molecular flexibility index (Phi) is 7.04. The standard InChI is InChI=1S/C30H42N8O3/c1-17(2)37(13-23-26(39)30(40,14-41-23)38-16-34-25-27(31)32-15-33-28(25)38)20-10-18(11-20)6-9-24-35-21-8-7-19(29(3,4)5)12-22(21)36-24/h7-8,12,15-18,20,23,26,39-40H,6,9-11,13-14H2,1-5H3,(H,35,36)(H2,31,32,33)/t18-,20-,23-,26-,30-/m1/s1. The predicted octanol–water partition coefficient (Wildman–Crippen LogP) is 3.11. The zero-order valence-electron chi connectivity index (χ0n) is 24.6. The van der Waals surface area contributed by atoms with Gasteiger partial charge in [-0.15, -0.1) is 0 Å². The van der Waals surface area contributed by atoms with Crippen LogP contribution in [0, 0.1) is 5.92 Å². The molecule has 2 fully saturated rings. The first-order valence-electron chi connectivity index (χ1n) is 14.6. The first-order chi connectivity index (χ1) is 19.4. The van der Waals surface area contributed by atoms with E-state index in [0.717, 1.165) is 42.5 Å². The van der Waals surface area contributed by atoms with Crippen molar-refractivity contribution in [2.24, 2.45) is 5.92 Å². The molecule has 11 nitrogen and oxygen atoms in total. The molecule has 6 rings (SSSR count). The summed E-state index contributed by atoms with van der Waals surface area (Å²) in [7, 11) is 0. The zero-order valence-corrected chi connectivity index (χ0v) is 24.6. The second kappa shape index (κ2) is 10.3. The third-order valence-electron chi connectivity index (χ3n) is 9.04. The molecule has 1 aliphatic carbocycles. The predicted molar refractivity (Wildman–Crippen MR) is 157 cm³/mol. The Morgan fingerprint density at radius 3 is 2.73 bits per heavy atom. The van der Waals surface area contributed by atoms with Gasteiger partial charge in [0.1, 0.15) is 29.9 Å². The number of aliphatic hydroxyl groups is 2. The molecule has 1 aromatic carbocycles. The molecule has 4 aromatic rings. The summed E-state index contributed by atoms with van der Waals surface area (Å²) in [5.41, 5.74) is 8.52. The molecule has 1 saturated carbocycles. The molecule has 0 spiro atoms. The lowest BCUT2D eigenvalue weighted by Crippen LogP contribution is -2.54. The van der Waals surface area contributed by atoms with Gasteiger partial charge in [0.05, 0.1) is 24.0 Å². The van der Waals surface area contributed by atoms with E-state index < -0.39 is 17.9 Å². The average Bonchev–Trinajstić information content (AvgIpc) is 3.58. The largest absolute Gasteiger partial charge is 0.385 e. The first kappa shape index (κ1) is 28.0. The van der Waals surface area contributed by atoms with Crippen LogP contribution in [0.1, 0.15) is 65.3 Å². The van der Waals surface area contributed by atoms with E-state index in [1.165, 1.54) is 22.8 Å². The maximum absolute atomic E-state index is 11.5. The van der Waals surface area contributed by atoms with Gasteiger partial charge in [0.2, 0.25) is 0 Å². The average molecular weight is 563 g/mol. The van der Waals surface area contributed by atoms with Crippen LogP contribution in [0.3, 0.4) is 0 Å². The van der Waals surface area contributed by atoms with Crippen LogP contribution in [0.4, 0.5) is 5.82 Å². The van der Waals surface area contributed by atoms with Gasteiger partial charge in [-0.3, -0.25) is 9.47 Å². The van der Waals surface area contributed by atoms with E-state index in [2.05, 4.69) is 77.7 Å². The number of H-pyrrole nitrogens is 1. The molecule has 220 valence electrons. The normalized spacial score (nSPS) is 27.0. The number of nitrogen functional groups attached to an aromatic ring is 1. The highest BCUT2D eigenvalue weighted by Crippen LogP contribution is 2.38. The van der Waals surface area contributed by atoms with Gasteiger partial charge in [-0.2, -0.15) is 0 Å². The van der Waals surface area contributed by atoms with Crippen LogP contribution in [-0.4, -0.2) is 82.0 Å². The Labute approximate surface area is 240 Å². The number of nitrogens with one attached hydrogen (secondary N) is 1. The van der Waals surface area contributed by atoms with Crippen molar-refractivity contribution in [1.29, 1.82) is 0 Å². The van der Waals surface area contributed by atoms with Gasteiger partial charge in [0, 0.05) is 25.0 Å². The minimum atomic E-state index is -1.69. The third kappa shape index (κ3) is 5.09. The first-order valence-corrected chi connectivity index (χ1v) is 14.6. The van der Waals surface area contributed by atoms with Crippen LogP contribution in [0.15, 0.2) is 30.9 Å². The van der Waals surface area contributed by atoms with Crippen LogP contribution in [0.5, 0.6) is 0 Å². The highest BCUT2D eigenvalue weighted by Gasteiger charge is 2.51. The van der Waals surface area contributed by atoms with Gasteiger partial charge in [0.15, 0.2) is 17.2 Å². The van der Waals surface area contributed by atoms with Gasteiger partial charge in [-0.05, 0) is 62.1 Å². The Balaban J connectivity index is 1.06. The molecule has 3 atom stereocenters. The van der Waals surface area contributed by atoms with Crippen LogP contribution in [0.25, 0.3) is 22.2 Å². The van der Waals surface area contributed by atoms with Gasteiger partial charge in [-0.25, -0.2) is 19.9 Å². The molecule has 1 saturated heterocycles. The Morgan fingerprint density at radius 1 is 1.22 bits per heavy atom. The Morgan fingerprint density at radius 2 is 2.00 bits per heavy atom. The summed E-state index contributed by atoms with van der Waals surface area (Å²) in [5, 5.41) is 22.7. The number of hydrogen-bond acceptors (Lipinski definition) is 9. The van der Waals surface area contributed by atoms with Gasteiger partial charge in [-0.1, -0.05) is 26.8 Å². The summed E-state index contributed by atoms with van der Waals surface area (Å²) in [6.07, 6.45) is 5.28. The highest BCUT2D eigenvalue weighted by atomic mass is 16.5. The summed E-state index contributed by atoms with van der Waals surface area (Å²) in [6.45, 7) is 11.5. The summed E-state index contributed by atoms with van der Waals surface area (Å²) in [5.74, 6) is 1.91. The number of hydrogen-bond donors (Lipinski definition) is 4. The molecule has 41 heavy (non-hydrogen) atoms. The minimum absolute atomic E-state index is 0.0673. The number of nitrogens with zero attached hydrogens (tertiary/aromatic N) is 6. The number of fused-ring (bicyclic) bond motifs is 2. The Bertz CT molecular complexity index is 1540. The molecule has 0 unspecified atom stereocenters. The number of aromatic amines is 1. The fourth-order valence-corrected chi connectivity index (χ4v) is 6.39. The van der Waals surface area contributed by atoms with Crippen molar-refractivity contribution in [3.05, 3.63) is 42.2 Å². The number of benzene rings is 1. The molecular formula is C30H42N8O3. The number of ether oxygens (including phenoxy) is 1. The van der Waals surface area contributed by atoms with E-state index in [1.807, 2.05) is 0 Å². The number of aromatic nitrogens is 6. The number of nitrogens with two attached hydrogens (primary N) is 1. The van der Waals surface area contributed by atoms with Crippen molar-refractivity contribution in [2.75, 3.05) is 18.9 Å². The summed E-state index contributed by atoms with van der Waals surface area (Å²) in [4.78, 5) is 23.2. The lowest BCUT2D eigenvalue weighted by molar-refractivity contribution is -0.110. The smallest absolute Gasteiger partial charge is 0.197 e. The van der Waals surface area contributed by atoms with Crippen molar-refractivity contribution >= 4 is 28.0 Å². The summed E-state index contributed by atoms with van der Waals surface area (Å²) < 4.78 is 7.45. The number of rotatable bonds is 8. The maximum Gasteiger partial charge on any atom is 0.197 e. The van der Waals surface area contributed by atoms with Crippen LogP contribution >= 0.6 is 0 Å². The molecule has 5 N–H and O–H groups in total. The van der Waals surface area contributed by atoms with Crippen molar-refractivity contribution in [3.8, 4) is 0 Å². The van der Waals surface area contributed by atoms with Gasteiger partial charge >= 0.3 is 0 Å². The van der Waals surface area contributed by atoms with E-state index in [1.54, 1.807) is 0 Å². The monoisotopic (exact) mass is 562 g/mol.